The molecule has 2 fully saturated rings. The van der Waals surface area contributed by atoms with E-state index < -0.39 is 0 Å². The molecular formula is C25H31FN4O2. The fourth-order valence-corrected chi connectivity index (χ4v) is 4.52. The second kappa shape index (κ2) is 10.1. The molecular weight excluding hydrogens is 407 g/mol. The summed E-state index contributed by atoms with van der Waals surface area (Å²) in [4.78, 5) is 18.1. The van der Waals surface area contributed by atoms with Gasteiger partial charge in [-0.3, -0.25) is 9.79 Å². The molecule has 0 saturated carbocycles. The molecule has 2 aromatic rings. The van der Waals surface area contributed by atoms with Gasteiger partial charge in [0.25, 0.3) is 0 Å². The van der Waals surface area contributed by atoms with Gasteiger partial charge in [0.2, 0.25) is 5.91 Å². The molecule has 1 amide bonds. The molecule has 2 aromatic carbocycles. The number of hydrogen-bond donors (Lipinski definition) is 2. The van der Waals surface area contributed by atoms with Crippen molar-refractivity contribution < 1.29 is 13.9 Å². The van der Waals surface area contributed by atoms with E-state index >= 15 is 0 Å². The molecule has 0 spiro atoms. The number of hydrogen-bond acceptors (Lipinski definition) is 3. The van der Waals surface area contributed by atoms with Crippen LogP contribution in [0, 0.1) is 5.82 Å². The lowest BCUT2D eigenvalue weighted by molar-refractivity contribution is -0.117. The van der Waals surface area contributed by atoms with Gasteiger partial charge in [-0.2, -0.15) is 0 Å². The summed E-state index contributed by atoms with van der Waals surface area (Å²) >= 11 is 0. The Morgan fingerprint density at radius 3 is 2.59 bits per heavy atom. The third kappa shape index (κ3) is 5.10. The van der Waals surface area contributed by atoms with Crippen LogP contribution in [-0.4, -0.2) is 45.2 Å². The predicted molar refractivity (Wildman–Crippen MR) is 124 cm³/mol. The van der Waals surface area contributed by atoms with Crippen LogP contribution in [0.1, 0.15) is 36.8 Å². The summed E-state index contributed by atoms with van der Waals surface area (Å²) in [5.74, 6) is 0.682. The Kier molecular flexibility index (Phi) is 7.05. The monoisotopic (exact) mass is 438 g/mol. The van der Waals surface area contributed by atoms with Crippen LogP contribution in [0.3, 0.4) is 0 Å². The fourth-order valence-electron chi connectivity index (χ4n) is 4.52. The molecule has 2 aliphatic rings. The minimum atomic E-state index is -0.213. The maximum absolute atomic E-state index is 13.9. The quantitative estimate of drug-likeness (QED) is 0.536. The van der Waals surface area contributed by atoms with Crippen LogP contribution in [0.25, 0.3) is 0 Å². The first-order valence-corrected chi connectivity index (χ1v) is 11.3. The molecule has 4 rings (SSSR count). The summed E-state index contributed by atoms with van der Waals surface area (Å²) in [7, 11) is 1.75. The van der Waals surface area contributed by atoms with Gasteiger partial charge < -0.3 is 20.3 Å². The molecule has 0 aliphatic carbocycles. The topological polar surface area (TPSA) is 66.0 Å². The average molecular weight is 439 g/mol. The van der Waals surface area contributed by atoms with Gasteiger partial charge in [0.15, 0.2) is 5.96 Å². The van der Waals surface area contributed by atoms with Crippen molar-refractivity contribution in [3.8, 4) is 0 Å². The zero-order valence-electron chi connectivity index (χ0n) is 18.6. The number of guanidine groups is 1. The van der Waals surface area contributed by atoms with Crippen molar-refractivity contribution in [2.75, 3.05) is 38.3 Å². The fraction of sp³-hybridized carbons (Fsp3) is 0.440. The molecule has 0 radical (unpaired) electrons. The van der Waals surface area contributed by atoms with E-state index in [1.54, 1.807) is 19.2 Å². The highest BCUT2D eigenvalue weighted by atomic mass is 19.1. The maximum atomic E-state index is 13.9. The number of benzene rings is 2. The molecule has 170 valence electrons. The van der Waals surface area contributed by atoms with Gasteiger partial charge in [0.1, 0.15) is 5.82 Å². The number of carbonyl (C=O) groups excluding carboxylic acids is 1. The number of rotatable bonds is 6. The summed E-state index contributed by atoms with van der Waals surface area (Å²) in [6.45, 7) is 3.39. The molecule has 32 heavy (non-hydrogen) atoms. The number of nitrogens with zero attached hydrogens (tertiary/aromatic N) is 2. The highest BCUT2D eigenvalue weighted by Crippen LogP contribution is 2.34. The smallest absolute Gasteiger partial charge is 0.227 e. The summed E-state index contributed by atoms with van der Waals surface area (Å²) in [5, 5.41) is 6.79. The molecule has 0 unspecified atom stereocenters. The Bertz CT molecular complexity index is 955. The van der Waals surface area contributed by atoms with Crippen molar-refractivity contribution in [2.24, 2.45) is 4.99 Å². The molecule has 2 N–H and O–H groups in total. The second-order valence-corrected chi connectivity index (χ2v) is 8.50. The van der Waals surface area contributed by atoms with Gasteiger partial charge in [-0.1, -0.05) is 24.3 Å². The summed E-state index contributed by atoms with van der Waals surface area (Å²) in [6.07, 6.45) is 3.22. The Morgan fingerprint density at radius 2 is 1.94 bits per heavy atom. The lowest BCUT2D eigenvalue weighted by Crippen LogP contribution is -2.48. The van der Waals surface area contributed by atoms with E-state index in [1.807, 2.05) is 35.2 Å². The predicted octanol–water partition coefficient (Wildman–Crippen LogP) is 3.37. The van der Waals surface area contributed by atoms with Crippen LogP contribution in [0.2, 0.25) is 0 Å². The van der Waals surface area contributed by atoms with Crippen LogP contribution in [0.15, 0.2) is 53.5 Å². The molecule has 0 atom stereocenters. The van der Waals surface area contributed by atoms with Crippen LogP contribution < -0.4 is 15.5 Å². The first-order chi connectivity index (χ1) is 15.6. The third-order valence-electron chi connectivity index (χ3n) is 6.49. The van der Waals surface area contributed by atoms with E-state index in [4.69, 9.17) is 4.74 Å². The first-order valence-electron chi connectivity index (χ1n) is 11.3. The van der Waals surface area contributed by atoms with Crippen molar-refractivity contribution in [1.82, 2.24) is 10.6 Å². The zero-order valence-corrected chi connectivity index (χ0v) is 18.6. The number of amides is 1. The molecule has 2 heterocycles. The first kappa shape index (κ1) is 22.3. The number of aliphatic imine (C=N–C) groups is 1. The normalized spacial score (nSPS) is 18.6. The maximum Gasteiger partial charge on any atom is 0.227 e. The third-order valence-corrected chi connectivity index (χ3v) is 6.49. The second-order valence-electron chi connectivity index (χ2n) is 8.50. The summed E-state index contributed by atoms with van der Waals surface area (Å²) in [6, 6.07) is 15.0. The number of anilines is 1. The van der Waals surface area contributed by atoms with E-state index in [2.05, 4.69) is 15.6 Å². The molecule has 2 saturated heterocycles. The van der Waals surface area contributed by atoms with Crippen molar-refractivity contribution in [3.05, 3.63) is 65.5 Å². The van der Waals surface area contributed by atoms with E-state index in [1.165, 1.54) is 6.07 Å². The number of carbonyl (C=O) groups is 1. The summed E-state index contributed by atoms with van der Waals surface area (Å²) < 4.78 is 19.5. The van der Waals surface area contributed by atoms with Gasteiger partial charge in [0.05, 0.1) is 0 Å². The van der Waals surface area contributed by atoms with E-state index in [-0.39, 0.29) is 17.1 Å². The highest BCUT2D eigenvalue weighted by Gasteiger charge is 2.35. The molecule has 7 heteroatoms. The molecule has 6 nitrogen and oxygen atoms in total. The molecule has 0 aromatic heterocycles. The van der Waals surface area contributed by atoms with Gasteiger partial charge in [-0.05, 0) is 54.7 Å². The molecule has 2 aliphatic heterocycles. The van der Waals surface area contributed by atoms with E-state index in [0.29, 0.717) is 38.7 Å². The summed E-state index contributed by atoms with van der Waals surface area (Å²) in [5.41, 5.74) is 2.86. The van der Waals surface area contributed by atoms with E-state index in [9.17, 15) is 9.18 Å². The number of ether oxygens (including phenoxy) is 1. The van der Waals surface area contributed by atoms with Crippen molar-refractivity contribution in [1.29, 1.82) is 0 Å². The van der Waals surface area contributed by atoms with Gasteiger partial charge in [-0.25, -0.2) is 4.39 Å². The zero-order chi connectivity index (χ0) is 22.4. The van der Waals surface area contributed by atoms with Crippen molar-refractivity contribution >= 4 is 17.6 Å². The lowest BCUT2D eigenvalue weighted by atomic mass is 9.74. The molecule has 0 bridgehead atoms. The Labute approximate surface area is 188 Å². The number of halogens is 1. The van der Waals surface area contributed by atoms with Gasteiger partial charge in [0, 0.05) is 57.4 Å². The highest BCUT2D eigenvalue weighted by molar-refractivity contribution is 5.95. The van der Waals surface area contributed by atoms with Crippen molar-refractivity contribution in [3.63, 3.8) is 0 Å². The van der Waals surface area contributed by atoms with Crippen LogP contribution in [0.4, 0.5) is 10.1 Å². The Hall–Kier alpha value is -2.93. The Balaban J connectivity index is 1.36. The van der Waals surface area contributed by atoms with Crippen LogP contribution in [-0.2, 0) is 21.5 Å². The largest absolute Gasteiger partial charge is 0.381 e. The minimum Gasteiger partial charge on any atom is -0.381 e. The van der Waals surface area contributed by atoms with Gasteiger partial charge >= 0.3 is 0 Å². The van der Waals surface area contributed by atoms with Crippen LogP contribution >= 0.6 is 0 Å². The van der Waals surface area contributed by atoms with Crippen molar-refractivity contribution in [2.45, 2.75) is 37.6 Å². The standard InChI is InChI=1S/C25H31FN4O2/c1-27-24(28-17-19-7-9-22(10-8-19)30-13-3-6-23(30)31)29-18-25(11-14-32-15-12-25)20-4-2-5-21(26)16-20/h2,4-5,7-10,16H,3,6,11-15,17-18H2,1H3,(H2,27,28,29). The SMILES string of the molecule is CN=C(NCc1ccc(N2CCCC2=O)cc1)NCC1(c2cccc(F)c2)CCOCC1. The average Bonchev–Trinajstić information content (AvgIpc) is 3.26. The Morgan fingerprint density at radius 1 is 1.16 bits per heavy atom. The van der Waals surface area contributed by atoms with Gasteiger partial charge in [-0.15, -0.1) is 0 Å². The van der Waals surface area contributed by atoms with Crippen LogP contribution in [0.5, 0.6) is 0 Å². The lowest BCUT2D eigenvalue weighted by Gasteiger charge is -2.38. The number of nitrogens with one attached hydrogen (secondary N) is 2. The minimum absolute atomic E-state index is 0.193. The van der Waals surface area contributed by atoms with E-state index in [0.717, 1.165) is 42.6 Å².